The minimum atomic E-state index is -0.0500. The van der Waals surface area contributed by atoms with Crippen LogP contribution in [0.2, 0.25) is 0 Å². The highest BCUT2D eigenvalue weighted by atomic mass is 16.1. The van der Waals surface area contributed by atoms with E-state index in [2.05, 4.69) is 41.5 Å². The smallest absolute Gasteiger partial charge is 0.254 e. The van der Waals surface area contributed by atoms with Crippen molar-refractivity contribution in [3.8, 4) is 0 Å². The first-order valence-corrected chi connectivity index (χ1v) is 7.68. The average molecular weight is 292 g/mol. The van der Waals surface area contributed by atoms with E-state index in [0.29, 0.717) is 12.1 Å². The number of hydrogen-bond donors (Lipinski definition) is 2. The summed E-state index contributed by atoms with van der Waals surface area (Å²) in [6.45, 7) is 6.64. The number of nitrogens with zero attached hydrogens (tertiary/aromatic N) is 2. The van der Waals surface area contributed by atoms with Gasteiger partial charge in [0.15, 0.2) is 0 Å². The van der Waals surface area contributed by atoms with Crippen LogP contribution in [0.25, 0.3) is 0 Å². The lowest BCUT2D eigenvalue weighted by atomic mass is 10.2. The number of carbonyl (C=O) groups excluding carboxylic acids is 1. The SMILES string of the molecule is CCCNc1cc(C)ncc1C(=O)NCCCCN(C)C. The zero-order valence-electron chi connectivity index (χ0n) is 13.7. The van der Waals surface area contributed by atoms with E-state index in [0.717, 1.165) is 43.7 Å². The number of aryl methyl sites for hydroxylation is 1. The number of rotatable bonds is 9. The zero-order valence-corrected chi connectivity index (χ0v) is 13.7. The summed E-state index contributed by atoms with van der Waals surface area (Å²) in [5.74, 6) is -0.0500. The van der Waals surface area contributed by atoms with Crippen LogP contribution < -0.4 is 10.6 Å². The third-order valence-electron chi connectivity index (χ3n) is 3.17. The van der Waals surface area contributed by atoms with E-state index in [4.69, 9.17) is 0 Å². The summed E-state index contributed by atoms with van der Waals surface area (Å²) in [6, 6.07) is 1.93. The number of aromatic nitrogens is 1. The molecule has 2 N–H and O–H groups in total. The predicted molar refractivity (Wildman–Crippen MR) is 87.9 cm³/mol. The normalized spacial score (nSPS) is 10.7. The van der Waals surface area contributed by atoms with Crippen molar-refractivity contribution in [2.45, 2.75) is 33.1 Å². The van der Waals surface area contributed by atoms with E-state index < -0.39 is 0 Å². The highest BCUT2D eigenvalue weighted by Crippen LogP contribution is 2.15. The topological polar surface area (TPSA) is 57.3 Å². The summed E-state index contributed by atoms with van der Waals surface area (Å²) in [5.41, 5.74) is 2.41. The second-order valence-electron chi connectivity index (χ2n) is 5.56. The van der Waals surface area contributed by atoms with Crippen LogP contribution in [0.1, 0.15) is 42.2 Å². The van der Waals surface area contributed by atoms with Crippen molar-refractivity contribution in [2.75, 3.05) is 39.0 Å². The van der Waals surface area contributed by atoms with Crippen LogP contribution in [0.4, 0.5) is 5.69 Å². The minimum absolute atomic E-state index is 0.0500. The number of amides is 1. The molecule has 0 bridgehead atoms. The van der Waals surface area contributed by atoms with Crippen LogP contribution in [0.15, 0.2) is 12.3 Å². The first-order chi connectivity index (χ1) is 10.0. The molecule has 1 heterocycles. The average Bonchev–Trinajstić information content (AvgIpc) is 2.44. The Bertz CT molecular complexity index is 446. The highest BCUT2D eigenvalue weighted by Gasteiger charge is 2.11. The summed E-state index contributed by atoms with van der Waals surface area (Å²) in [4.78, 5) is 18.6. The number of carbonyl (C=O) groups is 1. The van der Waals surface area contributed by atoms with E-state index in [9.17, 15) is 4.79 Å². The van der Waals surface area contributed by atoms with Gasteiger partial charge in [-0.3, -0.25) is 9.78 Å². The Morgan fingerprint density at radius 2 is 2.05 bits per heavy atom. The van der Waals surface area contributed by atoms with E-state index in [1.807, 2.05) is 13.0 Å². The van der Waals surface area contributed by atoms with Gasteiger partial charge in [0.25, 0.3) is 5.91 Å². The highest BCUT2D eigenvalue weighted by molar-refractivity contribution is 5.99. The molecule has 118 valence electrons. The molecule has 0 spiro atoms. The molecule has 0 aliphatic heterocycles. The number of nitrogens with one attached hydrogen (secondary N) is 2. The molecule has 5 nitrogen and oxygen atoms in total. The molecule has 0 aromatic carbocycles. The first kappa shape index (κ1) is 17.4. The van der Waals surface area contributed by atoms with E-state index in [-0.39, 0.29) is 5.91 Å². The molecule has 21 heavy (non-hydrogen) atoms. The Morgan fingerprint density at radius 3 is 2.71 bits per heavy atom. The summed E-state index contributed by atoms with van der Waals surface area (Å²) >= 11 is 0. The van der Waals surface area contributed by atoms with E-state index in [1.54, 1.807) is 6.20 Å². The summed E-state index contributed by atoms with van der Waals surface area (Å²) in [7, 11) is 4.12. The molecule has 1 aromatic heterocycles. The molecule has 0 aliphatic carbocycles. The summed E-state index contributed by atoms with van der Waals surface area (Å²) in [5, 5.41) is 6.27. The quantitative estimate of drug-likeness (QED) is 0.686. The molecule has 5 heteroatoms. The predicted octanol–water partition coefficient (Wildman–Crippen LogP) is 2.28. The van der Waals surface area contributed by atoms with Crippen molar-refractivity contribution in [2.24, 2.45) is 0 Å². The molecule has 0 saturated carbocycles. The summed E-state index contributed by atoms with van der Waals surface area (Å²) < 4.78 is 0. The van der Waals surface area contributed by atoms with Crippen molar-refractivity contribution in [1.29, 1.82) is 0 Å². The molecule has 1 rings (SSSR count). The molecule has 0 radical (unpaired) electrons. The third-order valence-corrected chi connectivity index (χ3v) is 3.17. The Kier molecular flexibility index (Phi) is 7.75. The maximum Gasteiger partial charge on any atom is 0.254 e. The van der Waals surface area contributed by atoms with Gasteiger partial charge in [-0.25, -0.2) is 0 Å². The fraction of sp³-hybridized carbons (Fsp3) is 0.625. The lowest BCUT2D eigenvalue weighted by molar-refractivity contribution is 0.0953. The lowest BCUT2D eigenvalue weighted by Crippen LogP contribution is -2.26. The maximum atomic E-state index is 12.2. The largest absolute Gasteiger partial charge is 0.384 e. The van der Waals surface area contributed by atoms with Crippen molar-refractivity contribution in [3.05, 3.63) is 23.5 Å². The Labute approximate surface area is 128 Å². The second-order valence-corrected chi connectivity index (χ2v) is 5.56. The first-order valence-electron chi connectivity index (χ1n) is 7.68. The van der Waals surface area contributed by atoms with E-state index >= 15 is 0 Å². The van der Waals surface area contributed by atoms with Gasteiger partial charge in [0.1, 0.15) is 0 Å². The third kappa shape index (κ3) is 6.58. The number of anilines is 1. The molecule has 0 saturated heterocycles. The van der Waals surface area contributed by atoms with Gasteiger partial charge in [0, 0.05) is 25.0 Å². The Hall–Kier alpha value is -1.62. The molecule has 0 unspecified atom stereocenters. The van der Waals surface area contributed by atoms with Crippen LogP contribution in [0.3, 0.4) is 0 Å². The van der Waals surface area contributed by atoms with Gasteiger partial charge in [-0.2, -0.15) is 0 Å². The molecule has 1 aromatic rings. The zero-order chi connectivity index (χ0) is 15.7. The van der Waals surface area contributed by atoms with Crippen LogP contribution in [0.5, 0.6) is 0 Å². The monoisotopic (exact) mass is 292 g/mol. The minimum Gasteiger partial charge on any atom is -0.384 e. The molecular formula is C16H28N4O. The fourth-order valence-corrected chi connectivity index (χ4v) is 2.00. The summed E-state index contributed by atoms with van der Waals surface area (Å²) in [6.07, 6.45) is 4.75. The van der Waals surface area contributed by atoms with Crippen LogP contribution in [-0.4, -0.2) is 49.5 Å². The fourth-order valence-electron chi connectivity index (χ4n) is 2.00. The molecule has 1 amide bonds. The molecular weight excluding hydrogens is 264 g/mol. The van der Waals surface area contributed by atoms with Gasteiger partial charge in [-0.15, -0.1) is 0 Å². The van der Waals surface area contributed by atoms with Crippen molar-refractivity contribution in [3.63, 3.8) is 0 Å². The van der Waals surface area contributed by atoms with Gasteiger partial charge in [-0.05, 0) is 52.9 Å². The second kappa shape index (κ2) is 9.34. The van der Waals surface area contributed by atoms with Crippen LogP contribution >= 0.6 is 0 Å². The van der Waals surface area contributed by atoms with Crippen LogP contribution in [0, 0.1) is 6.92 Å². The van der Waals surface area contributed by atoms with Crippen molar-refractivity contribution < 1.29 is 4.79 Å². The number of pyridine rings is 1. The van der Waals surface area contributed by atoms with Crippen LogP contribution in [-0.2, 0) is 0 Å². The van der Waals surface area contributed by atoms with Gasteiger partial charge in [0.05, 0.1) is 11.3 Å². The van der Waals surface area contributed by atoms with Gasteiger partial charge in [-0.1, -0.05) is 6.92 Å². The van der Waals surface area contributed by atoms with Crippen molar-refractivity contribution >= 4 is 11.6 Å². The molecule has 0 fully saturated rings. The lowest BCUT2D eigenvalue weighted by Gasteiger charge is -2.13. The molecule has 0 atom stereocenters. The van der Waals surface area contributed by atoms with Gasteiger partial charge < -0.3 is 15.5 Å². The number of hydrogen-bond acceptors (Lipinski definition) is 4. The van der Waals surface area contributed by atoms with Crippen molar-refractivity contribution in [1.82, 2.24) is 15.2 Å². The number of unbranched alkanes of at least 4 members (excludes halogenated alkanes) is 1. The van der Waals surface area contributed by atoms with E-state index in [1.165, 1.54) is 0 Å². The van der Waals surface area contributed by atoms with Gasteiger partial charge in [0.2, 0.25) is 0 Å². The van der Waals surface area contributed by atoms with Gasteiger partial charge >= 0.3 is 0 Å². The maximum absolute atomic E-state index is 12.2. The standard InChI is InChI=1S/C16H28N4O/c1-5-8-17-15-11-13(2)19-12-14(15)16(21)18-9-6-7-10-20(3)4/h11-12H,5-10H2,1-4H3,(H,17,19)(H,18,21). The molecule has 0 aliphatic rings. The Balaban J connectivity index is 2.52. The Morgan fingerprint density at radius 1 is 1.29 bits per heavy atom.